The first-order valence-electron chi connectivity index (χ1n) is 9.89. The molecule has 6 nitrogen and oxygen atoms in total. The van der Waals surface area contributed by atoms with Gasteiger partial charge >= 0.3 is 0 Å². The van der Waals surface area contributed by atoms with Gasteiger partial charge in [-0.2, -0.15) is 0 Å². The molecule has 2 amide bonds. The van der Waals surface area contributed by atoms with E-state index in [-0.39, 0.29) is 11.7 Å². The molecular formula is C24H19BrN2O4. The maximum absolute atomic E-state index is 13.5. The molecule has 5 rings (SSSR count). The van der Waals surface area contributed by atoms with Crippen LogP contribution in [0.15, 0.2) is 77.3 Å². The molecule has 2 aliphatic rings. The van der Waals surface area contributed by atoms with E-state index in [4.69, 9.17) is 4.84 Å². The maximum atomic E-state index is 13.5. The monoisotopic (exact) mass is 478 g/mol. The Hall–Kier alpha value is -3.16. The Morgan fingerprint density at radius 1 is 0.903 bits per heavy atom. The molecule has 2 saturated heterocycles. The fourth-order valence-electron chi connectivity index (χ4n) is 4.24. The van der Waals surface area contributed by atoms with Crippen LogP contribution >= 0.6 is 15.9 Å². The summed E-state index contributed by atoms with van der Waals surface area (Å²) >= 11 is 3.44. The Kier molecular flexibility index (Phi) is 4.79. The average molecular weight is 479 g/mol. The second-order valence-corrected chi connectivity index (χ2v) is 8.62. The van der Waals surface area contributed by atoms with E-state index in [0.29, 0.717) is 16.9 Å². The van der Waals surface area contributed by atoms with Crippen molar-refractivity contribution in [2.75, 3.05) is 9.96 Å². The highest BCUT2D eigenvalue weighted by Gasteiger charge is 2.60. The Bertz CT molecular complexity index is 1170. The smallest absolute Gasteiger partial charge is 0.266 e. The van der Waals surface area contributed by atoms with Gasteiger partial charge in [0.25, 0.3) is 5.91 Å². The zero-order valence-electron chi connectivity index (χ0n) is 16.6. The second kappa shape index (κ2) is 7.51. The molecule has 31 heavy (non-hydrogen) atoms. The number of hydroxylamine groups is 1. The second-order valence-electron chi connectivity index (χ2n) is 7.71. The highest BCUT2D eigenvalue weighted by Crippen LogP contribution is 2.49. The summed E-state index contributed by atoms with van der Waals surface area (Å²) in [5.74, 6) is -1.51. The van der Waals surface area contributed by atoms with Gasteiger partial charge < -0.3 is 5.11 Å². The number of benzene rings is 3. The van der Waals surface area contributed by atoms with Crippen LogP contribution in [0.25, 0.3) is 0 Å². The third-order valence-corrected chi connectivity index (χ3v) is 6.22. The van der Waals surface area contributed by atoms with Crippen molar-refractivity contribution in [3.63, 3.8) is 0 Å². The predicted molar refractivity (Wildman–Crippen MR) is 120 cm³/mol. The van der Waals surface area contributed by atoms with Crippen molar-refractivity contribution >= 4 is 39.1 Å². The minimum absolute atomic E-state index is 0.0346. The zero-order chi connectivity index (χ0) is 21.7. The number of nitrogens with zero attached hydrogens (tertiary/aromatic N) is 2. The largest absolute Gasteiger partial charge is 0.508 e. The van der Waals surface area contributed by atoms with Crippen LogP contribution in [-0.4, -0.2) is 23.0 Å². The van der Waals surface area contributed by atoms with Gasteiger partial charge in [0, 0.05) is 10.0 Å². The molecule has 1 N–H and O–H groups in total. The zero-order valence-corrected chi connectivity index (χ0v) is 18.2. The minimum Gasteiger partial charge on any atom is -0.508 e. The number of phenolic OH excluding ortho intramolecular Hbond substituents is 1. The van der Waals surface area contributed by atoms with E-state index >= 15 is 0 Å². The van der Waals surface area contributed by atoms with E-state index in [1.165, 1.54) is 4.90 Å². The third kappa shape index (κ3) is 3.21. The van der Waals surface area contributed by atoms with Crippen LogP contribution in [0.1, 0.15) is 17.2 Å². The quantitative estimate of drug-likeness (QED) is 0.560. The van der Waals surface area contributed by atoms with Crippen molar-refractivity contribution in [2.24, 2.45) is 5.92 Å². The summed E-state index contributed by atoms with van der Waals surface area (Å²) in [5, 5.41) is 12.2. The predicted octanol–water partition coefficient (Wildman–Crippen LogP) is 4.51. The van der Waals surface area contributed by atoms with Crippen LogP contribution in [0.5, 0.6) is 5.75 Å². The molecule has 0 saturated carbocycles. The van der Waals surface area contributed by atoms with Crippen LogP contribution in [0, 0.1) is 12.8 Å². The first kappa shape index (κ1) is 19.8. The molecule has 0 radical (unpaired) electrons. The van der Waals surface area contributed by atoms with Crippen molar-refractivity contribution in [1.29, 1.82) is 0 Å². The van der Waals surface area contributed by atoms with Gasteiger partial charge in [-0.05, 0) is 49.4 Å². The van der Waals surface area contributed by atoms with Crippen LogP contribution in [-0.2, 0) is 14.4 Å². The number of rotatable bonds is 3. The lowest BCUT2D eigenvalue weighted by Gasteiger charge is -2.29. The molecule has 2 heterocycles. The number of aryl methyl sites for hydroxylation is 1. The number of fused-ring (bicyclic) bond motifs is 1. The van der Waals surface area contributed by atoms with Crippen LogP contribution in [0.2, 0.25) is 0 Å². The summed E-state index contributed by atoms with van der Waals surface area (Å²) in [6.07, 6.45) is -0.975. The average Bonchev–Trinajstić information content (AvgIpc) is 3.28. The highest BCUT2D eigenvalue weighted by molar-refractivity contribution is 9.10. The summed E-state index contributed by atoms with van der Waals surface area (Å²) in [5.41, 5.74) is 2.76. The summed E-state index contributed by atoms with van der Waals surface area (Å²) in [7, 11) is 0. The molecule has 3 aromatic carbocycles. The molecule has 156 valence electrons. The van der Waals surface area contributed by atoms with Crippen molar-refractivity contribution in [1.82, 2.24) is 0 Å². The number of amides is 2. The minimum atomic E-state index is -0.975. The van der Waals surface area contributed by atoms with Crippen molar-refractivity contribution in [3.8, 4) is 5.75 Å². The summed E-state index contributed by atoms with van der Waals surface area (Å²) in [6.45, 7) is 1.94. The number of carbonyl (C=O) groups excluding carboxylic acids is 2. The number of aromatic hydroxyl groups is 1. The van der Waals surface area contributed by atoms with Gasteiger partial charge in [-0.3, -0.25) is 14.4 Å². The number of hydrogen-bond donors (Lipinski definition) is 1. The van der Waals surface area contributed by atoms with E-state index < -0.39 is 24.0 Å². The lowest BCUT2D eigenvalue weighted by atomic mass is 9.90. The molecule has 0 aromatic heterocycles. The summed E-state index contributed by atoms with van der Waals surface area (Å²) < 4.78 is 0.754. The fraction of sp³-hybridized carbons (Fsp3) is 0.167. The van der Waals surface area contributed by atoms with Crippen LogP contribution in [0.3, 0.4) is 0 Å². The van der Waals surface area contributed by atoms with Crippen molar-refractivity contribution in [3.05, 3.63) is 88.4 Å². The number of hydrogen-bond acceptors (Lipinski definition) is 5. The Balaban J connectivity index is 1.62. The third-order valence-electron chi connectivity index (χ3n) is 5.73. The molecule has 3 atom stereocenters. The topological polar surface area (TPSA) is 70.1 Å². The van der Waals surface area contributed by atoms with E-state index in [1.54, 1.807) is 35.4 Å². The van der Waals surface area contributed by atoms with Crippen LogP contribution < -0.4 is 9.96 Å². The highest BCUT2D eigenvalue weighted by atomic mass is 79.9. The van der Waals surface area contributed by atoms with Gasteiger partial charge in [-0.15, -0.1) is 0 Å². The van der Waals surface area contributed by atoms with Gasteiger partial charge in [0.15, 0.2) is 6.10 Å². The first-order chi connectivity index (χ1) is 15.0. The molecular weight excluding hydrogens is 460 g/mol. The molecule has 2 aliphatic heterocycles. The van der Waals surface area contributed by atoms with Gasteiger partial charge in [0.1, 0.15) is 11.7 Å². The summed E-state index contributed by atoms with van der Waals surface area (Å²) in [4.78, 5) is 34.1. The number of para-hydroxylation sites is 1. The van der Waals surface area contributed by atoms with E-state index in [2.05, 4.69) is 15.9 Å². The standard InChI is InChI=1S/C24H19BrN2O4/c1-14-7-10-16(11-8-14)26-23(29)20-21(18-13-15(25)9-12-19(18)28)27(31-22(20)24(26)30)17-5-3-2-4-6-17/h2-13,20-22,28H,1H3/t20-,21+,22+/m1/s1. The first-order valence-corrected chi connectivity index (χ1v) is 10.7. The van der Waals surface area contributed by atoms with E-state index in [1.807, 2.05) is 49.4 Å². The lowest BCUT2D eigenvalue weighted by molar-refractivity contribution is -0.126. The van der Waals surface area contributed by atoms with E-state index in [0.717, 1.165) is 10.0 Å². The maximum Gasteiger partial charge on any atom is 0.266 e. The Morgan fingerprint density at radius 3 is 2.32 bits per heavy atom. The molecule has 0 bridgehead atoms. The molecule has 2 fully saturated rings. The van der Waals surface area contributed by atoms with Gasteiger partial charge in [-0.25, -0.2) is 9.96 Å². The normalized spacial score (nSPS) is 22.8. The van der Waals surface area contributed by atoms with Gasteiger partial charge in [0.2, 0.25) is 5.91 Å². The number of imide groups is 1. The molecule has 7 heteroatoms. The molecule has 0 unspecified atom stereocenters. The van der Waals surface area contributed by atoms with Gasteiger partial charge in [0.05, 0.1) is 17.4 Å². The number of halogens is 1. The molecule has 0 spiro atoms. The number of carbonyl (C=O) groups is 2. The number of phenols is 1. The van der Waals surface area contributed by atoms with Crippen molar-refractivity contribution < 1.29 is 19.5 Å². The number of anilines is 2. The van der Waals surface area contributed by atoms with Crippen molar-refractivity contribution in [2.45, 2.75) is 19.1 Å². The van der Waals surface area contributed by atoms with Gasteiger partial charge in [-0.1, -0.05) is 51.8 Å². The Morgan fingerprint density at radius 2 is 1.61 bits per heavy atom. The summed E-state index contributed by atoms with van der Waals surface area (Å²) in [6, 6.07) is 20.9. The fourth-order valence-corrected chi connectivity index (χ4v) is 4.62. The Labute approximate surface area is 187 Å². The van der Waals surface area contributed by atoms with Crippen LogP contribution in [0.4, 0.5) is 11.4 Å². The van der Waals surface area contributed by atoms with E-state index in [9.17, 15) is 14.7 Å². The molecule has 0 aliphatic carbocycles. The lowest BCUT2D eigenvalue weighted by Crippen LogP contribution is -2.37. The SMILES string of the molecule is Cc1ccc(N2C(=O)[C@H]3[C@H](ON(c4ccccc4)[C@H]3c3cc(Br)ccc3O)C2=O)cc1. The molecule has 3 aromatic rings.